The minimum absolute atomic E-state index is 0.360. The Bertz CT molecular complexity index is 512. The molecule has 1 saturated carbocycles. The Morgan fingerprint density at radius 3 is 2.89 bits per heavy atom. The molecule has 102 valence electrons. The summed E-state index contributed by atoms with van der Waals surface area (Å²) < 4.78 is 0. The molecule has 0 radical (unpaired) electrons. The minimum atomic E-state index is -0.939. The van der Waals surface area contributed by atoms with Crippen LogP contribution in [0, 0.1) is 0 Å². The van der Waals surface area contributed by atoms with Crippen LogP contribution < -0.4 is 5.32 Å². The number of urea groups is 1. The number of carbonyl (C=O) groups excluding carboxylic acids is 1. The van der Waals surface area contributed by atoms with Gasteiger partial charge in [0.15, 0.2) is 5.13 Å². The molecule has 2 aliphatic rings. The van der Waals surface area contributed by atoms with Crippen LogP contribution in [0.25, 0.3) is 0 Å². The van der Waals surface area contributed by atoms with E-state index in [1.165, 1.54) is 29.1 Å². The molecule has 2 N–H and O–H groups in total. The largest absolute Gasteiger partial charge is 0.480 e. The lowest BCUT2D eigenvalue weighted by Crippen LogP contribution is -2.42. The van der Waals surface area contributed by atoms with Gasteiger partial charge in [0.1, 0.15) is 6.04 Å². The maximum Gasteiger partial charge on any atom is 0.326 e. The number of rotatable bonds is 3. The van der Waals surface area contributed by atoms with Crippen LogP contribution in [-0.4, -0.2) is 39.6 Å². The van der Waals surface area contributed by atoms with E-state index in [9.17, 15) is 9.59 Å². The van der Waals surface area contributed by atoms with Crippen molar-refractivity contribution in [2.75, 3.05) is 11.9 Å². The second-order valence-electron chi connectivity index (χ2n) is 4.97. The number of carboxylic acids is 1. The molecule has 1 aromatic heterocycles. The van der Waals surface area contributed by atoms with Crippen LogP contribution >= 0.6 is 11.3 Å². The molecule has 1 atom stereocenters. The van der Waals surface area contributed by atoms with E-state index in [0.717, 1.165) is 12.1 Å². The zero-order valence-corrected chi connectivity index (χ0v) is 11.2. The quantitative estimate of drug-likeness (QED) is 0.888. The highest BCUT2D eigenvalue weighted by molar-refractivity contribution is 7.13. The van der Waals surface area contributed by atoms with E-state index in [0.29, 0.717) is 24.0 Å². The first-order valence-corrected chi connectivity index (χ1v) is 7.29. The number of likely N-dealkylation sites (tertiary alicyclic amines) is 1. The van der Waals surface area contributed by atoms with Crippen molar-refractivity contribution >= 4 is 28.5 Å². The van der Waals surface area contributed by atoms with Gasteiger partial charge in [-0.25, -0.2) is 14.6 Å². The lowest BCUT2D eigenvalue weighted by molar-refractivity contribution is -0.141. The number of thiazole rings is 1. The van der Waals surface area contributed by atoms with Crippen molar-refractivity contribution in [1.29, 1.82) is 0 Å². The number of hydrogen-bond acceptors (Lipinski definition) is 4. The maximum absolute atomic E-state index is 12.0. The molecule has 0 bridgehead atoms. The van der Waals surface area contributed by atoms with Crippen LogP contribution in [0.5, 0.6) is 0 Å². The summed E-state index contributed by atoms with van der Waals surface area (Å²) >= 11 is 1.40. The van der Waals surface area contributed by atoms with Crippen LogP contribution in [0.4, 0.5) is 9.93 Å². The number of aromatic nitrogens is 1. The van der Waals surface area contributed by atoms with Crippen molar-refractivity contribution in [2.24, 2.45) is 0 Å². The predicted octanol–water partition coefficient (Wildman–Crippen LogP) is 2.10. The standard InChI is InChI=1S/C12H15N3O3S/c16-10(17)9-2-1-5-15(9)12(18)14-11-13-8(6-19-11)7-3-4-7/h6-7,9H,1-5H2,(H,16,17)(H,13,14,18)/t9-/m0/s1. The summed E-state index contributed by atoms with van der Waals surface area (Å²) in [4.78, 5) is 28.8. The van der Waals surface area contributed by atoms with Gasteiger partial charge in [-0.1, -0.05) is 0 Å². The van der Waals surface area contributed by atoms with Gasteiger partial charge >= 0.3 is 12.0 Å². The number of amides is 2. The summed E-state index contributed by atoms with van der Waals surface area (Å²) in [5.74, 6) is -0.383. The topological polar surface area (TPSA) is 82.5 Å². The highest BCUT2D eigenvalue weighted by atomic mass is 32.1. The molecule has 1 saturated heterocycles. The smallest absolute Gasteiger partial charge is 0.326 e. The Labute approximate surface area is 114 Å². The molecule has 1 aromatic rings. The van der Waals surface area contributed by atoms with E-state index >= 15 is 0 Å². The third-order valence-corrected chi connectivity index (χ3v) is 4.31. The molecule has 6 nitrogen and oxygen atoms in total. The lowest BCUT2D eigenvalue weighted by Gasteiger charge is -2.20. The first-order valence-electron chi connectivity index (χ1n) is 6.41. The van der Waals surface area contributed by atoms with Crippen molar-refractivity contribution in [2.45, 2.75) is 37.6 Å². The summed E-state index contributed by atoms with van der Waals surface area (Å²) in [6.07, 6.45) is 3.60. The number of anilines is 1. The number of carboxylic acid groups (broad SMARTS) is 1. The van der Waals surface area contributed by atoms with Crippen molar-refractivity contribution < 1.29 is 14.7 Å². The van der Waals surface area contributed by atoms with Crippen LogP contribution in [-0.2, 0) is 4.79 Å². The van der Waals surface area contributed by atoms with Gasteiger partial charge < -0.3 is 10.0 Å². The molecule has 7 heteroatoms. The maximum atomic E-state index is 12.0. The number of nitrogens with one attached hydrogen (secondary N) is 1. The highest BCUT2D eigenvalue weighted by Gasteiger charge is 2.34. The molecule has 1 aliphatic heterocycles. The zero-order valence-electron chi connectivity index (χ0n) is 10.3. The predicted molar refractivity (Wildman–Crippen MR) is 70.5 cm³/mol. The van der Waals surface area contributed by atoms with Crippen LogP contribution in [0.15, 0.2) is 5.38 Å². The summed E-state index contributed by atoms with van der Waals surface area (Å²) in [7, 11) is 0. The molecule has 2 amide bonds. The summed E-state index contributed by atoms with van der Waals surface area (Å²) in [6.45, 7) is 0.490. The van der Waals surface area contributed by atoms with E-state index < -0.39 is 12.0 Å². The van der Waals surface area contributed by atoms with E-state index in [1.54, 1.807) is 0 Å². The van der Waals surface area contributed by atoms with Crippen LogP contribution in [0.2, 0.25) is 0 Å². The van der Waals surface area contributed by atoms with Gasteiger partial charge in [-0.2, -0.15) is 0 Å². The molecular formula is C12H15N3O3S. The van der Waals surface area contributed by atoms with Crippen molar-refractivity contribution in [3.8, 4) is 0 Å². The van der Waals surface area contributed by atoms with Crippen LogP contribution in [0.1, 0.15) is 37.3 Å². The number of hydrogen-bond donors (Lipinski definition) is 2. The molecule has 0 spiro atoms. The Morgan fingerprint density at radius 2 is 2.21 bits per heavy atom. The Kier molecular flexibility index (Phi) is 3.14. The second-order valence-corrected chi connectivity index (χ2v) is 5.83. The Morgan fingerprint density at radius 1 is 1.42 bits per heavy atom. The molecule has 0 unspecified atom stereocenters. The van der Waals surface area contributed by atoms with Gasteiger partial charge in [-0.3, -0.25) is 5.32 Å². The fourth-order valence-corrected chi connectivity index (χ4v) is 3.12. The highest BCUT2D eigenvalue weighted by Crippen LogP contribution is 2.40. The molecule has 0 aromatic carbocycles. The van der Waals surface area contributed by atoms with Gasteiger partial charge in [0.05, 0.1) is 5.69 Å². The summed E-state index contributed by atoms with van der Waals surface area (Å²) in [5, 5.41) is 14.3. The van der Waals surface area contributed by atoms with E-state index in [2.05, 4.69) is 10.3 Å². The average Bonchev–Trinajstić information content (AvgIpc) is 2.92. The third-order valence-electron chi connectivity index (χ3n) is 3.53. The van der Waals surface area contributed by atoms with E-state index in [1.807, 2.05) is 5.38 Å². The molecule has 3 rings (SSSR count). The monoisotopic (exact) mass is 281 g/mol. The van der Waals surface area contributed by atoms with Gasteiger partial charge in [0.2, 0.25) is 0 Å². The van der Waals surface area contributed by atoms with Crippen molar-refractivity contribution in [3.63, 3.8) is 0 Å². The minimum Gasteiger partial charge on any atom is -0.480 e. The number of carbonyl (C=O) groups is 2. The fraction of sp³-hybridized carbons (Fsp3) is 0.583. The lowest BCUT2D eigenvalue weighted by atomic mass is 10.2. The normalized spacial score (nSPS) is 22.5. The number of nitrogens with zero attached hydrogens (tertiary/aromatic N) is 2. The summed E-state index contributed by atoms with van der Waals surface area (Å²) in [6, 6.07) is -1.07. The SMILES string of the molecule is O=C(O)[C@@H]1CCCN1C(=O)Nc1nc(C2CC2)cs1. The van der Waals surface area contributed by atoms with Crippen molar-refractivity contribution in [3.05, 3.63) is 11.1 Å². The van der Waals surface area contributed by atoms with Crippen molar-refractivity contribution in [1.82, 2.24) is 9.88 Å². The van der Waals surface area contributed by atoms with Gasteiger partial charge in [0, 0.05) is 17.8 Å². The Balaban J connectivity index is 1.64. The first kappa shape index (κ1) is 12.4. The van der Waals surface area contributed by atoms with Gasteiger partial charge in [0.25, 0.3) is 0 Å². The molecule has 1 aliphatic carbocycles. The first-order chi connectivity index (χ1) is 9.15. The Hall–Kier alpha value is -1.63. The average molecular weight is 281 g/mol. The number of aliphatic carboxylic acids is 1. The van der Waals surface area contributed by atoms with Crippen LogP contribution in [0.3, 0.4) is 0 Å². The van der Waals surface area contributed by atoms with Gasteiger partial charge in [-0.05, 0) is 25.7 Å². The molecule has 2 heterocycles. The second kappa shape index (κ2) is 4.80. The van der Waals surface area contributed by atoms with Gasteiger partial charge in [-0.15, -0.1) is 11.3 Å². The zero-order chi connectivity index (χ0) is 13.4. The molecule has 19 heavy (non-hydrogen) atoms. The molecule has 2 fully saturated rings. The molecular weight excluding hydrogens is 266 g/mol. The van der Waals surface area contributed by atoms with E-state index in [4.69, 9.17) is 5.11 Å². The third kappa shape index (κ3) is 2.56. The van der Waals surface area contributed by atoms with E-state index in [-0.39, 0.29) is 6.03 Å². The fourth-order valence-electron chi connectivity index (χ4n) is 2.34. The summed E-state index contributed by atoms with van der Waals surface area (Å²) in [5.41, 5.74) is 1.04.